The van der Waals surface area contributed by atoms with Crippen LogP contribution < -0.4 is 5.32 Å². The Labute approximate surface area is 104 Å². The smallest absolute Gasteiger partial charge is 0.130 e. The molecule has 0 amide bonds. The van der Waals surface area contributed by atoms with Crippen molar-refractivity contribution in [1.29, 1.82) is 5.26 Å². The van der Waals surface area contributed by atoms with Crippen LogP contribution in [0.1, 0.15) is 10.9 Å². The summed E-state index contributed by atoms with van der Waals surface area (Å²) in [5.41, 5.74) is 0. The van der Waals surface area contributed by atoms with Gasteiger partial charge >= 0.3 is 0 Å². The van der Waals surface area contributed by atoms with Crippen molar-refractivity contribution in [1.82, 2.24) is 5.32 Å². The molecule has 1 aromatic heterocycles. The van der Waals surface area contributed by atoms with Crippen molar-refractivity contribution in [3.63, 3.8) is 0 Å². The number of hydrogen-bond donors (Lipinski definition) is 1. The average molecular weight is 336 g/mol. The topological polar surface area (TPSA) is 35.8 Å². The molecule has 14 heavy (non-hydrogen) atoms. The van der Waals surface area contributed by atoms with E-state index >= 15 is 0 Å². The molecule has 0 aliphatic heterocycles. The summed E-state index contributed by atoms with van der Waals surface area (Å²) in [5.74, 6) is 0. The molecule has 0 radical (unpaired) electrons. The molecule has 0 fully saturated rings. The molecule has 5 heteroatoms. The Morgan fingerprint density at radius 1 is 1.71 bits per heavy atom. The maximum Gasteiger partial charge on any atom is 0.130 e. The molecule has 1 heterocycles. The van der Waals surface area contributed by atoms with E-state index in [0.717, 1.165) is 13.1 Å². The van der Waals surface area contributed by atoms with Gasteiger partial charge in [0.25, 0.3) is 0 Å². The Hall–Kier alpha value is -0.150. The fraction of sp³-hybridized carbons (Fsp3) is 0.222. The molecule has 1 atom stereocenters. The maximum atomic E-state index is 8.94. The minimum absolute atomic E-state index is 0.263. The molecule has 0 bridgehead atoms. The fourth-order valence-electron chi connectivity index (χ4n) is 0.917. The van der Waals surface area contributed by atoms with Crippen molar-refractivity contribution in [3.8, 4) is 6.07 Å². The minimum atomic E-state index is -0.263. The van der Waals surface area contributed by atoms with Gasteiger partial charge in [0, 0.05) is 15.9 Å². The zero-order valence-corrected chi connectivity index (χ0v) is 11.2. The van der Waals surface area contributed by atoms with Crippen LogP contribution in [0.2, 0.25) is 0 Å². The maximum absolute atomic E-state index is 8.94. The molecule has 0 aliphatic carbocycles. The van der Waals surface area contributed by atoms with E-state index in [1.165, 1.54) is 0 Å². The van der Waals surface area contributed by atoms with Crippen molar-refractivity contribution in [3.05, 3.63) is 31.9 Å². The third-order valence-electron chi connectivity index (χ3n) is 1.54. The third kappa shape index (κ3) is 2.92. The van der Waals surface area contributed by atoms with Gasteiger partial charge in [-0.25, -0.2) is 0 Å². The molecule has 0 spiro atoms. The summed E-state index contributed by atoms with van der Waals surface area (Å²) in [7, 11) is 0. The second-order valence-electron chi connectivity index (χ2n) is 2.53. The van der Waals surface area contributed by atoms with E-state index in [2.05, 4.69) is 49.8 Å². The van der Waals surface area contributed by atoms with Crippen LogP contribution in [-0.4, -0.2) is 6.54 Å². The second kappa shape index (κ2) is 5.66. The molecule has 74 valence electrons. The normalized spacial score (nSPS) is 12.1. The van der Waals surface area contributed by atoms with Crippen molar-refractivity contribution in [2.24, 2.45) is 0 Å². The Bertz CT molecular complexity index is 348. The van der Waals surface area contributed by atoms with Crippen LogP contribution in [0.5, 0.6) is 0 Å². The Balaban J connectivity index is 2.79. The van der Waals surface area contributed by atoms with Gasteiger partial charge in [0.05, 0.1) is 9.86 Å². The van der Waals surface area contributed by atoms with Crippen LogP contribution in [-0.2, 0) is 0 Å². The van der Waals surface area contributed by atoms with Gasteiger partial charge in [0.1, 0.15) is 6.04 Å². The highest BCUT2D eigenvalue weighted by molar-refractivity contribution is 9.13. The fourth-order valence-corrected chi connectivity index (χ4v) is 3.03. The molecule has 0 aromatic carbocycles. The van der Waals surface area contributed by atoms with E-state index in [1.807, 2.05) is 6.07 Å². The summed E-state index contributed by atoms with van der Waals surface area (Å²) >= 11 is 8.33. The molecule has 1 aromatic rings. The summed E-state index contributed by atoms with van der Waals surface area (Å²) < 4.78 is 1.99. The monoisotopic (exact) mass is 334 g/mol. The van der Waals surface area contributed by atoms with Crippen LogP contribution in [0, 0.1) is 11.3 Å². The van der Waals surface area contributed by atoms with Gasteiger partial charge in [-0.05, 0) is 37.9 Å². The Morgan fingerprint density at radius 2 is 2.43 bits per heavy atom. The van der Waals surface area contributed by atoms with E-state index in [-0.39, 0.29) is 6.04 Å². The van der Waals surface area contributed by atoms with E-state index in [0.29, 0.717) is 6.54 Å². The van der Waals surface area contributed by atoms with E-state index in [4.69, 9.17) is 5.26 Å². The second-order valence-corrected chi connectivity index (χ2v) is 5.79. The Morgan fingerprint density at radius 3 is 2.86 bits per heavy atom. The van der Waals surface area contributed by atoms with Gasteiger partial charge in [-0.3, -0.25) is 5.32 Å². The zero-order chi connectivity index (χ0) is 10.6. The van der Waals surface area contributed by atoms with Gasteiger partial charge < -0.3 is 0 Å². The summed E-state index contributed by atoms with van der Waals surface area (Å²) in [6.07, 6.45) is 1.74. The van der Waals surface area contributed by atoms with E-state index in [1.54, 1.807) is 17.4 Å². The van der Waals surface area contributed by atoms with Crippen molar-refractivity contribution in [2.45, 2.75) is 6.04 Å². The number of nitrogens with zero attached hydrogens (tertiary/aromatic N) is 1. The Kier molecular flexibility index (Phi) is 4.82. The number of hydrogen-bond acceptors (Lipinski definition) is 3. The molecule has 1 N–H and O–H groups in total. The van der Waals surface area contributed by atoms with Crippen molar-refractivity contribution < 1.29 is 0 Å². The predicted octanol–water partition coefficient (Wildman–Crippen LogP) is 3.61. The number of thiophene rings is 1. The highest BCUT2D eigenvalue weighted by Crippen LogP contribution is 2.35. The van der Waals surface area contributed by atoms with Crippen LogP contribution in [0.3, 0.4) is 0 Å². The lowest BCUT2D eigenvalue weighted by Crippen LogP contribution is -2.18. The number of nitriles is 1. The summed E-state index contributed by atoms with van der Waals surface area (Å²) in [4.78, 5) is 0.994. The third-order valence-corrected chi connectivity index (χ3v) is 4.87. The number of halogens is 2. The first kappa shape index (κ1) is 11.9. The molecule has 1 unspecified atom stereocenters. The SMILES string of the molecule is C=CCNC(C#N)c1cc(Br)c(Br)s1. The average Bonchev–Trinajstić information content (AvgIpc) is 2.48. The highest BCUT2D eigenvalue weighted by Gasteiger charge is 2.13. The van der Waals surface area contributed by atoms with Crippen molar-refractivity contribution >= 4 is 43.2 Å². The predicted molar refractivity (Wildman–Crippen MR) is 66.3 cm³/mol. The molecule has 1 rings (SSSR count). The lowest BCUT2D eigenvalue weighted by molar-refractivity contribution is 0.694. The van der Waals surface area contributed by atoms with Crippen LogP contribution in [0.25, 0.3) is 0 Å². The van der Waals surface area contributed by atoms with Gasteiger partial charge in [-0.15, -0.1) is 17.9 Å². The van der Waals surface area contributed by atoms with Crippen molar-refractivity contribution in [2.75, 3.05) is 6.54 Å². The molecule has 2 nitrogen and oxygen atoms in total. The van der Waals surface area contributed by atoms with Gasteiger partial charge in [-0.1, -0.05) is 6.08 Å². The van der Waals surface area contributed by atoms with Gasteiger partial charge in [0.2, 0.25) is 0 Å². The first-order valence-corrected chi connectivity index (χ1v) is 6.28. The first-order valence-electron chi connectivity index (χ1n) is 3.87. The summed E-state index contributed by atoms with van der Waals surface area (Å²) in [6.45, 7) is 4.23. The number of nitrogens with one attached hydrogen (secondary N) is 1. The van der Waals surface area contributed by atoms with Crippen LogP contribution in [0.4, 0.5) is 0 Å². The number of rotatable bonds is 4. The standard InChI is InChI=1S/C9H8Br2N2S/c1-2-3-13-7(5-12)8-4-6(10)9(11)14-8/h2,4,7,13H,1,3H2. The molecular weight excluding hydrogens is 328 g/mol. The molecule has 0 saturated heterocycles. The largest absolute Gasteiger partial charge is 0.294 e. The lowest BCUT2D eigenvalue weighted by Gasteiger charge is -2.06. The van der Waals surface area contributed by atoms with E-state index < -0.39 is 0 Å². The van der Waals surface area contributed by atoms with E-state index in [9.17, 15) is 0 Å². The lowest BCUT2D eigenvalue weighted by atomic mass is 10.2. The van der Waals surface area contributed by atoms with Gasteiger partial charge in [0.15, 0.2) is 0 Å². The van der Waals surface area contributed by atoms with Crippen LogP contribution >= 0.6 is 43.2 Å². The summed E-state index contributed by atoms with van der Waals surface area (Å²) in [5, 5.41) is 12.0. The minimum Gasteiger partial charge on any atom is -0.294 e. The quantitative estimate of drug-likeness (QED) is 0.853. The zero-order valence-electron chi connectivity index (χ0n) is 7.26. The summed E-state index contributed by atoms with van der Waals surface area (Å²) in [6, 6.07) is 3.88. The van der Waals surface area contributed by atoms with Gasteiger partial charge in [-0.2, -0.15) is 5.26 Å². The molecule has 0 saturated carbocycles. The van der Waals surface area contributed by atoms with Crippen LogP contribution in [0.15, 0.2) is 27.0 Å². The molecular formula is C9H8Br2N2S. The first-order chi connectivity index (χ1) is 6.69. The molecule has 0 aliphatic rings. The highest BCUT2D eigenvalue weighted by atomic mass is 79.9.